The van der Waals surface area contributed by atoms with Crippen LogP contribution in [0.15, 0.2) is 0 Å². The fourth-order valence-corrected chi connectivity index (χ4v) is 4.53. The van der Waals surface area contributed by atoms with Gasteiger partial charge in [0.05, 0.1) is 0 Å². The zero-order valence-electron chi connectivity index (χ0n) is 20.6. The van der Waals surface area contributed by atoms with E-state index in [1.807, 2.05) is 0 Å². The van der Waals surface area contributed by atoms with Crippen LogP contribution in [0.25, 0.3) is 0 Å². The van der Waals surface area contributed by atoms with Crippen molar-refractivity contribution >= 4 is 0 Å². The maximum atomic E-state index is 3.99. The van der Waals surface area contributed by atoms with E-state index in [2.05, 4.69) is 46.5 Å². The smallest absolute Gasteiger partial charge is 0.00913 e. The maximum absolute atomic E-state index is 3.99. The van der Waals surface area contributed by atoms with Crippen LogP contribution in [0.3, 0.4) is 0 Å². The largest absolute Gasteiger partial charge is 0.103 e. The van der Waals surface area contributed by atoms with Crippen LogP contribution < -0.4 is 0 Å². The Hall–Kier alpha value is -0.440. The van der Waals surface area contributed by atoms with Gasteiger partial charge in [-0.25, -0.2) is 0 Å². The number of unbranched alkanes of at least 4 members (excludes halogenated alkanes) is 5. The zero-order chi connectivity index (χ0) is 21.6. The molecule has 0 saturated heterocycles. The minimum Gasteiger partial charge on any atom is -0.103 e. The lowest BCUT2D eigenvalue weighted by Gasteiger charge is -2.16. The molecule has 3 unspecified atom stereocenters. The minimum atomic E-state index is 0.840. The molecule has 0 aliphatic rings. The zero-order valence-corrected chi connectivity index (χ0v) is 20.6. The van der Waals surface area contributed by atoms with E-state index in [-0.39, 0.29) is 0 Å². The van der Waals surface area contributed by atoms with Crippen molar-refractivity contribution in [2.45, 2.75) is 143 Å². The third kappa shape index (κ3) is 18.1. The molecule has 0 N–H and O–H groups in total. The molecule has 0 bridgehead atoms. The third-order valence-corrected chi connectivity index (χ3v) is 6.90. The molecule has 0 aromatic carbocycles. The fraction of sp³-hybridized carbons (Fsp3) is 0.862. The van der Waals surface area contributed by atoms with Gasteiger partial charge in [0.25, 0.3) is 0 Å². The van der Waals surface area contributed by atoms with Gasteiger partial charge in [-0.05, 0) is 37.0 Å². The summed E-state index contributed by atoms with van der Waals surface area (Å²) in [5.41, 5.74) is 0. The average Bonchev–Trinajstić information content (AvgIpc) is 2.74. The van der Waals surface area contributed by atoms with Crippen LogP contribution in [0.1, 0.15) is 143 Å². The van der Waals surface area contributed by atoms with Crippen molar-refractivity contribution in [2.75, 3.05) is 0 Å². The molecule has 2 radical (unpaired) electrons. The molecular formula is C29H54. The van der Waals surface area contributed by atoms with Crippen molar-refractivity contribution in [3.8, 4) is 11.8 Å². The molecule has 0 heterocycles. The van der Waals surface area contributed by atoms with E-state index in [9.17, 15) is 0 Å². The second kappa shape index (κ2) is 22.2. The van der Waals surface area contributed by atoms with E-state index in [1.54, 1.807) is 0 Å². The number of hydrogen-bond acceptors (Lipinski definition) is 0. The summed E-state index contributed by atoms with van der Waals surface area (Å²) >= 11 is 0. The van der Waals surface area contributed by atoms with Crippen LogP contribution >= 0.6 is 0 Å². The van der Waals surface area contributed by atoms with E-state index in [4.69, 9.17) is 0 Å². The van der Waals surface area contributed by atoms with Crippen molar-refractivity contribution < 1.29 is 0 Å². The van der Waals surface area contributed by atoms with E-state index < -0.39 is 0 Å². The standard InChI is InChI=1S/C29H54/c1-6-11-16-22-28(9-4)25-19-15-20-26-29(10-5)24-18-14-12-13-17-23-27(8-3)21-7-2/h27-29H,1-2,6-11,14-26H2,3-5H3. The van der Waals surface area contributed by atoms with Gasteiger partial charge in [0.15, 0.2) is 0 Å². The Labute approximate surface area is 186 Å². The summed E-state index contributed by atoms with van der Waals surface area (Å²) in [5, 5.41) is 0. The summed E-state index contributed by atoms with van der Waals surface area (Å²) in [7, 11) is 0. The highest BCUT2D eigenvalue weighted by Crippen LogP contribution is 2.23. The van der Waals surface area contributed by atoms with Crippen molar-refractivity contribution in [1.29, 1.82) is 0 Å². The van der Waals surface area contributed by atoms with Crippen LogP contribution in [0, 0.1) is 43.4 Å². The molecule has 0 spiro atoms. The summed E-state index contributed by atoms with van der Waals surface area (Å²) in [6.07, 6.45) is 24.9. The lowest BCUT2D eigenvalue weighted by atomic mass is 9.90. The van der Waals surface area contributed by atoms with Crippen molar-refractivity contribution in [2.24, 2.45) is 17.8 Å². The SMILES string of the molecule is [CH2]CCCCC(CC)CCCCCC(CC)CCCC#CCCC(CC)CC[CH2]. The normalized spacial score (nSPS) is 14.2. The van der Waals surface area contributed by atoms with E-state index in [0.29, 0.717) is 0 Å². The predicted molar refractivity (Wildman–Crippen MR) is 134 cm³/mol. The molecule has 0 aromatic heterocycles. The first kappa shape index (κ1) is 28.6. The molecular weight excluding hydrogens is 348 g/mol. The molecule has 0 aliphatic heterocycles. The van der Waals surface area contributed by atoms with Gasteiger partial charge in [0.2, 0.25) is 0 Å². The van der Waals surface area contributed by atoms with Crippen LogP contribution in [0.5, 0.6) is 0 Å². The van der Waals surface area contributed by atoms with Gasteiger partial charge in [-0.15, -0.1) is 11.8 Å². The molecule has 0 nitrogen and oxygen atoms in total. The Morgan fingerprint density at radius 2 is 0.966 bits per heavy atom. The monoisotopic (exact) mass is 402 g/mol. The summed E-state index contributed by atoms with van der Waals surface area (Å²) < 4.78 is 0. The first-order valence-corrected chi connectivity index (χ1v) is 13.3. The molecule has 0 heteroatoms. The van der Waals surface area contributed by atoms with Gasteiger partial charge in [-0.3, -0.25) is 0 Å². The molecule has 0 amide bonds. The van der Waals surface area contributed by atoms with Crippen LogP contribution in [0.2, 0.25) is 0 Å². The van der Waals surface area contributed by atoms with Gasteiger partial charge in [0, 0.05) is 12.8 Å². The third-order valence-electron chi connectivity index (χ3n) is 6.90. The highest BCUT2D eigenvalue weighted by molar-refractivity contribution is 4.98. The molecule has 3 atom stereocenters. The summed E-state index contributed by atoms with van der Waals surface area (Å²) in [6.45, 7) is 15.0. The van der Waals surface area contributed by atoms with E-state index >= 15 is 0 Å². The number of hydrogen-bond donors (Lipinski definition) is 0. The highest BCUT2D eigenvalue weighted by Gasteiger charge is 2.08. The molecule has 0 aromatic rings. The van der Waals surface area contributed by atoms with Gasteiger partial charge in [0.1, 0.15) is 0 Å². The van der Waals surface area contributed by atoms with E-state index in [0.717, 1.165) is 43.4 Å². The predicted octanol–water partition coefficient (Wildman–Crippen LogP) is 9.98. The Morgan fingerprint density at radius 1 is 0.483 bits per heavy atom. The topological polar surface area (TPSA) is 0 Å². The molecule has 0 aliphatic carbocycles. The van der Waals surface area contributed by atoms with Gasteiger partial charge < -0.3 is 0 Å². The first-order chi connectivity index (χ1) is 14.2. The van der Waals surface area contributed by atoms with Crippen molar-refractivity contribution in [1.82, 2.24) is 0 Å². The second-order valence-corrected chi connectivity index (χ2v) is 9.24. The van der Waals surface area contributed by atoms with Crippen LogP contribution in [-0.2, 0) is 0 Å². The Bertz CT molecular complexity index is 371. The average molecular weight is 403 g/mol. The molecule has 0 rings (SSSR count). The molecule has 170 valence electrons. The van der Waals surface area contributed by atoms with Crippen LogP contribution in [-0.4, -0.2) is 0 Å². The van der Waals surface area contributed by atoms with Gasteiger partial charge >= 0.3 is 0 Å². The quantitative estimate of drug-likeness (QED) is 0.140. The van der Waals surface area contributed by atoms with Gasteiger partial charge in [-0.2, -0.15) is 0 Å². The highest BCUT2D eigenvalue weighted by atomic mass is 14.1. The lowest BCUT2D eigenvalue weighted by Crippen LogP contribution is -2.01. The van der Waals surface area contributed by atoms with Crippen molar-refractivity contribution in [3.63, 3.8) is 0 Å². The first-order valence-electron chi connectivity index (χ1n) is 13.3. The van der Waals surface area contributed by atoms with Crippen molar-refractivity contribution in [3.05, 3.63) is 13.8 Å². The summed E-state index contributed by atoms with van der Waals surface area (Å²) in [5.74, 6) is 9.59. The lowest BCUT2D eigenvalue weighted by molar-refractivity contribution is 0.376. The maximum Gasteiger partial charge on any atom is 0.00913 e. The van der Waals surface area contributed by atoms with Gasteiger partial charge in [-0.1, -0.05) is 125 Å². The summed E-state index contributed by atoms with van der Waals surface area (Å²) in [6, 6.07) is 0. The number of rotatable bonds is 20. The van der Waals surface area contributed by atoms with Crippen LogP contribution in [0.4, 0.5) is 0 Å². The minimum absolute atomic E-state index is 0.840. The van der Waals surface area contributed by atoms with E-state index in [1.165, 1.54) is 96.3 Å². The molecule has 0 fully saturated rings. The fourth-order valence-electron chi connectivity index (χ4n) is 4.53. The summed E-state index contributed by atoms with van der Waals surface area (Å²) in [4.78, 5) is 0. The Balaban J connectivity index is 3.73. The Kier molecular flexibility index (Phi) is 21.9. The second-order valence-electron chi connectivity index (χ2n) is 9.24. The molecule has 0 saturated carbocycles. The molecule has 29 heavy (non-hydrogen) atoms. The Morgan fingerprint density at radius 3 is 1.48 bits per heavy atom.